The molecule has 0 N–H and O–H groups in total. The molecular weight excluding hydrogens is 379 g/mol. The summed E-state index contributed by atoms with van der Waals surface area (Å²) in [5.74, 6) is -1.20. The van der Waals surface area contributed by atoms with Crippen molar-refractivity contribution in [1.82, 2.24) is 0 Å². The average Bonchev–Trinajstić information content (AvgIpc) is 2.73. The SMILES string of the molecule is COc1cccc(OC)c1C(=O)C(C(=O)OCC(C)C)c1ccccc1.O=P. The van der Waals surface area contributed by atoms with Crippen molar-refractivity contribution in [2.75, 3.05) is 20.8 Å². The second-order valence-electron chi connectivity index (χ2n) is 6.27. The number of benzene rings is 2. The van der Waals surface area contributed by atoms with Crippen LogP contribution in [0, 0.1) is 5.92 Å². The summed E-state index contributed by atoms with van der Waals surface area (Å²) in [4.78, 5) is 26.1. The molecule has 0 aliphatic rings. The van der Waals surface area contributed by atoms with Gasteiger partial charge in [0.25, 0.3) is 0 Å². The number of carbonyl (C=O) groups excluding carboxylic acids is 2. The van der Waals surface area contributed by atoms with Gasteiger partial charge in [-0.1, -0.05) is 50.2 Å². The molecule has 7 heteroatoms. The summed E-state index contributed by atoms with van der Waals surface area (Å²) in [6.45, 7) is 4.13. The highest BCUT2D eigenvalue weighted by Crippen LogP contribution is 2.34. The van der Waals surface area contributed by atoms with E-state index in [0.717, 1.165) is 0 Å². The third-order valence-electron chi connectivity index (χ3n) is 3.86. The van der Waals surface area contributed by atoms with Crippen molar-refractivity contribution in [3.8, 4) is 11.5 Å². The Balaban J connectivity index is 0.00000190. The van der Waals surface area contributed by atoms with Crippen molar-refractivity contribution in [3.05, 3.63) is 59.7 Å². The van der Waals surface area contributed by atoms with Crippen LogP contribution in [0.25, 0.3) is 0 Å². The quantitative estimate of drug-likeness (QED) is 0.282. The first kappa shape index (κ1) is 23.3. The Kier molecular flexibility index (Phi) is 9.89. The van der Waals surface area contributed by atoms with Crippen LogP contribution in [0.3, 0.4) is 0 Å². The summed E-state index contributed by atoms with van der Waals surface area (Å²) in [6, 6.07) is 13.9. The van der Waals surface area contributed by atoms with E-state index in [2.05, 4.69) is 0 Å². The molecule has 0 aliphatic heterocycles. The van der Waals surface area contributed by atoms with Crippen LogP contribution in [-0.2, 0) is 14.1 Å². The lowest BCUT2D eigenvalue weighted by Gasteiger charge is -2.19. The van der Waals surface area contributed by atoms with Crippen LogP contribution in [0.1, 0.15) is 35.7 Å². The lowest BCUT2D eigenvalue weighted by atomic mass is 9.89. The molecule has 0 aromatic heterocycles. The third-order valence-corrected chi connectivity index (χ3v) is 3.86. The first-order valence-electron chi connectivity index (χ1n) is 8.66. The third kappa shape index (κ3) is 5.89. The largest absolute Gasteiger partial charge is 0.496 e. The fourth-order valence-corrected chi connectivity index (χ4v) is 2.61. The summed E-state index contributed by atoms with van der Waals surface area (Å²) in [5.41, 5.74) is 0.798. The number of methoxy groups -OCH3 is 2. The van der Waals surface area contributed by atoms with Crippen molar-refractivity contribution in [3.63, 3.8) is 0 Å². The van der Waals surface area contributed by atoms with Gasteiger partial charge in [-0.15, -0.1) is 0 Å². The van der Waals surface area contributed by atoms with Gasteiger partial charge in [0, 0.05) is 0 Å². The van der Waals surface area contributed by atoms with Crippen molar-refractivity contribution >= 4 is 20.9 Å². The molecular formula is C21H25O6P. The maximum Gasteiger partial charge on any atom is 0.321 e. The minimum absolute atomic E-state index is 0.172. The molecule has 2 rings (SSSR count). The number of ketones is 1. The predicted molar refractivity (Wildman–Crippen MR) is 108 cm³/mol. The number of hydrogen-bond donors (Lipinski definition) is 0. The van der Waals surface area contributed by atoms with E-state index in [9.17, 15) is 9.59 Å². The molecule has 150 valence electrons. The highest BCUT2D eigenvalue weighted by molar-refractivity contribution is 7.00. The van der Waals surface area contributed by atoms with Gasteiger partial charge < -0.3 is 14.2 Å². The zero-order valence-electron chi connectivity index (χ0n) is 16.4. The lowest BCUT2D eigenvalue weighted by molar-refractivity contribution is -0.145. The number of Topliss-reactive ketones (excluding diaryl/α,β-unsaturated/α-hetero) is 1. The smallest absolute Gasteiger partial charge is 0.321 e. The topological polar surface area (TPSA) is 78.9 Å². The Morgan fingerprint density at radius 1 is 0.893 bits per heavy atom. The van der Waals surface area contributed by atoms with E-state index < -0.39 is 17.7 Å². The van der Waals surface area contributed by atoms with Gasteiger partial charge in [-0.3, -0.25) is 14.2 Å². The zero-order chi connectivity index (χ0) is 21.1. The number of esters is 1. The maximum atomic E-state index is 13.3. The molecule has 28 heavy (non-hydrogen) atoms. The number of carbonyl (C=O) groups is 2. The summed E-state index contributed by atoms with van der Waals surface area (Å²) >= 11 is 0. The van der Waals surface area contributed by atoms with Crippen LogP contribution in [0.4, 0.5) is 0 Å². The van der Waals surface area contributed by atoms with Gasteiger partial charge >= 0.3 is 5.97 Å². The number of rotatable bonds is 8. The molecule has 0 bridgehead atoms. The monoisotopic (exact) mass is 404 g/mol. The van der Waals surface area contributed by atoms with Crippen molar-refractivity contribution < 1.29 is 28.4 Å². The van der Waals surface area contributed by atoms with E-state index >= 15 is 0 Å². The van der Waals surface area contributed by atoms with Gasteiger partial charge in [0.05, 0.1) is 20.8 Å². The van der Waals surface area contributed by atoms with Crippen LogP contribution in [0.2, 0.25) is 0 Å². The fraction of sp³-hybridized carbons (Fsp3) is 0.333. The number of ether oxygens (including phenoxy) is 3. The van der Waals surface area contributed by atoms with Gasteiger partial charge in [-0.2, -0.15) is 0 Å². The molecule has 0 aliphatic carbocycles. The predicted octanol–water partition coefficient (Wildman–Crippen LogP) is 4.34. The highest BCUT2D eigenvalue weighted by atomic mass is 31.0. The fourth-order valence-electron chi connectivity index (χ4n) is 2.61. The lowest BCUT2D eigenvalue weighted by Crippen LogP contribution is -2.26. The summed E-state index contributed by atoms with van der Waals surface area (Å²) in [7, 11) is 4.67. The van der Waals surface area contributed by atoms with E-state index in [0.29, 0.717) is 17.1 Å². The molecule has 1 atom stereocenters. The van der Waals surface area contributed by atoms with Crippen LogP contribution >= 0.6 is 9.12 Å². The van der Waals surface area contributed by atoms with Gasteiger partial charge in [-0.05, 0) is 23.6 Å². The van der Waals surface area contributed by atoms with E-state index in [1.807, 2.05) is 19.9 Å². The van der Waals surface area contributed by atoms with Crippen molar-refractivity contribution in [2.45, 2.75) is 19.8 Å². The summed E-state index contributed by atoms with van der Waals surface area (Å²) in [5, 5.41) is 0. The minimum atomic E-state index is -1.08. The highest BCUT2D eigenvalue weighted by Gasteiger charge is 2.34. The average molecular weight is 404 g/mol. The van der Waals surface area contributed by atoms with Crippen LogP contribution in [-0.4, -0.2) is 32.6 Å². The minimum Gasteiger partial charge on any atom is -0.496 e. The summed E-state index contributed by atoms with van der Waals surface area (Å²) < 4.78 is 24.1. The molecule has 2 aromatic rings. The Labute approximate surface area is 167 Å². The molecule has 0 fully saturated rings. The van der Waals surface area contributed by atoms with Gasteiger partial charge in [0.1, 0.15) is 32.1 Å². The molecule has 2 aromatic carbocycles. The molecule has 0 heterocycles. The van der Waals surface area contributed by atoms with E-state index in [4.69, 9.17) is 18.8 Å². The molecule has 0 spiro atoms. The molecule has 6 nitrogen and oxygen atoms in total. The van der Waals surface area contributed by atoms with Crippen LogP contribution in [0.5, 0.6) is 11.5 Å². The van der Waals surface area contributed by atoms with Gasteiger partial charge in [-0.25, -0.2) is 0 Å². The number of hydrogen-bond acceptors (Lipinski definition) is 6. The maximum absolute atomic E-state index is 13.3. The van der Waals surface area contributed by atoms with E-state index in [1.54, 1.807) is 51.6 Å². The standard InChI is InChI=1S/C21H24O5.HOP/c1-14(2)13-26-21(23)18(15-9-6-5-7-10-15)20(22)19-16(24-3)11-8-12-17(19)25-4;1-2/h5-12,14,18H,13H2,1-4H3;2H. The Bertz CT molecular complexity index is 753. The Morgan fingerprint density at radius 3 is 1.89 bits per heavy atom. The second-order valence-corrected chi connectivity index (χ2v) is 6.27. The first-order valence-corrected chi connectivity index (χ1v) is 9.07. The molecule has 0 saturated carbocycles. The normalized spacial score (nSPS) is 11.0. The van der Waals surface area contributed by atoms with Gasteiger partial charge in [0.15, 0.2) is 5.78 Å². The van der Waals surface area contributed by atoms with Crippen LogP contribution in [0.15, 0.2) is 48.5 Å². The van der Waals surface area contributed by atoms with Crippen LogP contribution < -0.4 is 9.47 Å². The molecule has 0 amide bonds. The van der Waals surface area contributed by atoms with Crippen molar-refractivity contribution in [1.29, 1.82) is 0 Å². The first-order chi connectivity index (χ1) is 13.5. The second kappa shape index (κ2) is 11.9. The molecule has 1 unspecified atom stereocenters. The molecule has 0 saturated heterocycles. The molecule has 0 radical (unpaired) electrons. The zero-order valence-corrected chi connectivity index (χ0v) is 17.4. The Morgan fingerprint density at radius 2 is 1.43 bits per heavy atom. The van der Waals surface area contributed by atoms with Gasteiger partial charge in [0.2, 0.25) is 0 Å². The van der Waals surface area contributed by atoms with E-state index in [-0.39, 0.29) is 18.1 Å². The van der Waals surface area contributed by atoms with E-state index in [1.165, 1.54) is 14.2 Å². The summed E-state index contributed by atoms with van der Waals surface area (Å²) in [6.07, 6.45) is 0. The van der Waals surface area contributed by atoms with Crippen molar-refractivity contribution in [2.24, 2.45) is 5.92 Å². The Hall–Kier alpha value is -2.72.